The molecule has 0 aliphatic carbocycles. The van der Waals surface area contributed by atoms with Crippen LogP contribution in [0, 0.1) is 0 Å². The molecule has 1 N–H and O–H groups in total. The minimum atomic E-state index is -0.200. The minimum absolute atomic E-state index is 0.0845. The zero-order valence-corrected chi connectivity index (χ0v) is 31.0. The monoisotopic (exact) mass is 663 g/mol. The average Bonchev–Trinajstić information content (AvgIpc) is 3.04. The summed E-state index contributed by atoms with van der Waals surface area (Å²) in [4.78, 5) is 35.6. The van der Waals surface area contributed by atoms with Crippen LogP contribution in [0.3, 0.4) is 0 Å². The third-order valence-corrected chi connectivity index (χ3v) is 8.65. The van der Waals surface area contributed by atoms with Gasteiger partial charge in [-0.1, -0.05) is 122 Å². The number of ether oxygens (including phenoxy) is 2. The minimum Gasteiger partial charge on any atom is -0.466 e. The zero-order chi connectivity index (χ0) is 34.6. The molecule has 0 bridgehead atoms. The molecule has 0 heterocycles. The fourth-order valence-corrected chi connectivity index (χ4v) is 5.63. The zero-order valence-electron chi connectivity index (χ0n) is 31.0. The number of rotatable bonds is 35. The van der Waals surface area contributed by atoms with Crippen LogP contribution in [0.5, 0.6) is 0 Å². The highest BCUT2D eigenvalue weighted by molar-refractivity contribution is 5.75. The van der Waals surface area contributed by atoms with Crippen molar-refractivity contribution >= 4 is 17.7 Å². The maximum atomic E-state index is 12.5. The predicted octanol–water partition coefficient (Wildman–Crippen LogP) is 11.5. The lowest BCUT2D eigenvalue weighted by Gasteiger charge is -2.16. The Morgan fingerprint density at radius 3 is 1.68 bits per heavy atom. The second-order valence-electron chi connectivity index (χ2n) is 13.5. The maximum Gasteiger partial charge on any atom is 0.306 e. The van der Waals surface area contributed by atoms with E-state index >= 15 is 0 Å². The van der Waals surface area contributed by atoms with E-state index in [4.69, 9.17) is 9.47 Å². The molecule has 6 nitrogen and oxygen atoms in total. The smallest absolute Gasteiger partial charge is 0.306 e. The molecule has 6 heteroatoms. The highest BCUT2D eigenvalue weighted by Crippen LogP contribution is 2.15. The first kappa shape index (κ1) is 45.0. The van der Waals surface area contributed by atoms with Crippen LogP contribution in [-0.4, -0.2) is 41.6 Å². The summed E-state index contributed by atoms with van der Waals surface area (Å²) in [5.41, 5.74) is 0. The summed E-state index contributed by atoms with van der Waals surface area (Å²) in [6.45, 7) is 6.33. The van der Waals surface area contributed by atoms with Gasteiger partial charge in [0.05, 0.1) is 12.7 Å². The van der Waals surface area contributed by atoms with Crippen LogP contribution in [0.1, 0.15) is 201 Å². The van der Waals surface area contributed by atoms with E-state index in [0.717, 1.165) is 109 Å². The van der Waals surface area contributed by atoms with Crippen molar-refractivity contribution in [2.24, 2.45) is 0 Å². The van der Waals surface area contributed by atoms with Crippen molar-refractivity contribution < 1.29 is 29.0 Å². The Morgan fingerprint density at radius 2 is 1.06 bits per heavy atom. The van der Waals surface area contributed by atoms with E-state index in [2.05, 4.69) is 38.2 Å². The Balaban J connectivity index is 3.94. The lowest BCUT2D eigenvalue weighted by Crippen LogP contribution is -2.18. The first-order valence-corrected chi connectivity index (χ1v) is 19.7. The van der Waals surface area contributed by atoms with Gasteiger partial charge in [0.2, 0.25) is 0 Å². The van der Waals surface area contributed by atoms with Crippen molar-refractivity contribution in [3.8, 4) is 0 Å². The number of aliphatic hydroxyl groups is 1. The number of hydrogen-bond donors (Lipinski definition) is 1. The number of ketones is 1. The van der Waals surface area contributed by atoms with Crippen LogP contribution in [0.25, 0.3) is 0 Å². The van der Waals surface area contributed by atoms with Crippen LogP contribution in [0.4, 0.5) is 0 Å². The molecule has 0 amide bonds. The van der Waals surface area contributed by atoms with E-state index < -0.39 is 0 Å². The fraction of sp³-hybridized carbons (Fsp3) is 0.829. The third kappa shape index (κ3) is 35.2. The topological polar surface area (TPSA) is 89.9 Å². The predicted molar refractivity (Wildman–Crippen MR) is 196 cm³/mol. The molecule has 0 saturated carbocycles. The SMILES string of the molecule is CCCCCCC(O)CC=CCCCCCCCC(=O)OCCCC(=O)OC(CC=CCCCCCCCC(C)=O)CCCCCC. The number of esters is 2. The van der Waals surface area contributed by atoms with Gasteiger partial charge in [-0.15, -0.1) is 0 Å². The van der Waals surface area contributed by atoms with Gasteiger partial charge in [-0.3, -0.25) is 9.59 Å². The average molecular weight is 663 g/mol. The fourth-order valence-electron chi connectivity index (χ4n) is 5.63. The van der Waals surface area contributed by atoms with Gasteiger partial charge in [-0.25, -0.2) is 0 Å². The standard InChI is InChI=1S/C41H74O6/c1-4-6-8-23-30-38(43)31-24-19-15-11-13-17-21-27-34-40(44)46-36-28-35-41(45)47-39(32-25-9-7-5-2)33-26-20-16-12-10-14-18-22-29-37(3)42/h19-20,24,26,38-39,43H,4-18,21-23,25,27-36H2,1-3H3. The Labute approximate surface area is 289 Å². The molecule has 0 aliphatic heterocycles. The maximum absolute atomic E-state index is 12.5. The molecule has 0 aliphatic rings. The van der Waals surface area contributed by atoms with Crippen molar-refractivity contribution in [3.05, 3.63) is 24.3 Å². The molecule has 2 atom stereocenters. The van der Waals surface area contributed by atoms with E-state index in [1.807, 2.05) is 0 Å². The summed E-state index contributed by atoms with van der Waals surface area (Å²) < 4.78 is 11.2. The van der Waals surface area contributed by atoms with Gasteiger partial charge in [0.1, 0.15) is 11.9 Å². The lowest BCUT2D eigenvalue weighted by molar-refractivity contribution is -0.151. The molecule has 0 aromatic rings. The molecule has 0 aromatic carbocycles. The largest absolute Gasteiger partial charge is 0.466 e. The van der Waals surface area contributed by atoms with Crippen molar-refractivity contribution in [1.82, 2.24) is 0 Å². The van der Waals surface area contributed by atoms with Gasteiger partial charge in [-0.2, -0.15) is 0 Å². The molecule has 0 fully saturated rings. The summed E-state index contributed by atoms with van der Waals surface area (Å²) in [5, 5.41) is 10.0. The Bertz CT molecular complexity index is 789. The molecule has 0 rings (SSSR count). The van der Waals surface area contributed by atoms with Crippen LogP contribution in [0.2, 0.25) is 0 Å². The molecular formula is C41H74O6. The molecule has 274 valence electrons. The van der Waals surface area contributed by atoms with Crippen LogP contribution >= 0.6 is 0 Å². The number of Topliss-reactive ketones (excluding diaryl/α,β-unsaturated/α-hetero) is 1. The summed E-state index contributed by atoms with van der Waals surface area (Å²) in [5.74, 6) is -0.0931. The number of carbonyl (C=O) groups is 3. The summed E-state index contributed by atoms with van der Waals surface area (Å²) in [7, 11) is 0. The molecule has 0 spiro atoms. The summed E-state index contributed by atoms with van der Waals surface area (Å²) in [6.07, 6.45) is 36.1. The van der Waals surface area contributed by atoms with Gasteiger partial charge in [0.25, 0.3) is 0 Å². The second kappa shape index (κ2) is 35.4. The van der Waals surface area contributed by atoms with Crippen molar-refractivity contribution in [3.63, 3.8) is 0 Å². The van der Waals surface area contributed by atoms with E-state index in [0.29, 0.717) is 19.3 Å². The normalized spacial score (nSPS) is 12.9. The Hall–Kier alpha value is -1.95. The molecule has 0 aromatic heterocycles. The first-order chi connectivity index (χ1) is 22.9. The van der Waals surface area contributed by atoms with Gasteiger partial charge in [0, 0.05) is 25.7 Å². The van der Waals surface area contributed by atoms with E-state index in [-0.39, 0.29) is 43.0 Å². The lowest BCUT2D eigenvalue weighted by atomic mass is 10.1. The van der Waals surface area contributed by atoms with Gasteiger partial charge in [-0.05, 0) is 77.6 Å². The van der Waals surface area contributed by atoms with Crippen LogP contribution in [0.15, 0.2) is 24.3 Å². The quantitative estimate of drug-likeness (QED) is 0.0412. The Morgan fingerprint density at radius 1 is 0.553 bits per heavy atom. The molecular weight excluding hydrogens is 588 g/mol. The molecule has 0 saturated heterocycles. The highest BCUT2D eigenvalue weighted by atomic mass is 16.5. The summed E-state index contributed by atoms with van der Waals surface area (Å²) in [6, 6.07) is 0. The van der Waals surface area contributed by atoms with E-state index in [9.17, 15) is 19.5 Å². The first-order valence-electron chi connectivity index (χ1n) is 19.7. The summed E-state index contributed by atoms with van der Waals surface area (Å²) >= 11 is 0. The highest BCUT2D eigenvalue weighted by Gasteiger charge is 2.13. The van der Waals surface area contributed by atoms with Crippen molar-refractivity contribution in [1.29, 1.82) is 0 Å². The second-order valence-corrected chi connectivity index (χ2v) is 13.5. The number of unbranched alkanes of at least 4 members (excludes halogenated alkanes) is 16. The number of carbonyl (C=O) groups excluding carboxylic acids is 3. The van der Waals surface area contributed by atoms with Crippen molar-refractivity contribution in [2.75, 3.05) is 6.61 Å². The van der Waals surface area contributed by atoms with E-state index in [1.165, 1.54) is 44.9 Å². The van der Waals surface area contributed by atoms with Crippen LogP contribution in [-0.2, 0) is 23.9 Å². The van der Waals surface area contributed by atoms with Gasteiger partial charge in [0.15, 0.2) is 0 Å². The van der Waals surface area contributed by atoms with Gasteiger partial charge < -0.3 is 19.4 Å². The van der Waals surface area contributed by atoms with Gasteiger partial charge >= 0.3 is 11.9 Å². The third-order valence-electron chi connectivity index (χ3n) is 8.65. The number of hydrogen-bond acceptors (Lipinski definition) is 6. The number of aliphatic hydroxyl groups excluding tert-OH is 1. The van der Waals surface area contributed by atoms with Crippen LogP contribution < -0.4 is 0 Å². The molecule has 47 heavy (non-hydrogen) atoms. The number of allylic oxidation sites excluding steroid dienone is 2. The Kier molecular flexibility index (Phi) is 33.9. The molecule has 0 radical (unpaired) electrons. The molecule has 2 unspecified atom stereocenters. The van der Waals surface area contributed by atoms with E-state index in [1.54, 1.807) is 6.92 Å². The van der Waals surface area contributed by atoms with Crippen molar-refractivity contribution in [2.45, 2.75) is 213 Å².